The minimum absolute atomic E-state index is 0.504. The third-order valence-corrected chi connectivity index (χ3v) is 7.13. The van der Waals surface area contributed by atoms with Crippen molar-refractivity contribution in [2.75, 3.05) is 38.5 Å². The maximum atomic E-state index is 3.85. The van der Waals surface area contributed by atoms with Gasteiger partial charge < -0.3 is 10.2 Å². The number of likely N-dealkylation sites (tertiary alicyclic amines) is 1. The number of hydrogen-bond acceptors (Lipinski definition) is 5. The molecule has 0 aromatic rings. The second kappa shape index (κ2) is 9.24. The Bertz CT molecular complexity index is 498. The van der Waals surface area contributed by atoms with Crippen molar-refractivity contribution in [1.29, 1.82) is 0 Å². The highest BCUT2D eigenvalue weighted by atomic mass is 32.2. The quantitative estimate of drug-likeness (QED) is 0.309. The summed E-state index contributed by atoms with van der Waals surface area (Å²) in [6, 6.07) is 0.797. The fraction of sp³-hybridized carbons (Fsp3) is 0.750. The van der Waals surface area contributed by atoms with E-state index in [9.17, 15) is 0 Å². The van der Waals surface area contributed by atoms with Crippen LogP contribution in [0.3, 0.4) is 0 Å². The summed E-state index contributed by atoms with van der Waals surface area (Å²) in [7, 11) is 0. The standard InChI is InChI=1S/C20H34N4S/c1-3-19(8-12-21-2)23-13-9-20(16-23)10-14-24(17-20)25-15-5-7-18-6-4-11-22-18/h3,8,12,18,22H,2,4-7,9-11,13-17H2,1H3/b12-8-,19-3+/t18-,20?/m0/s1. The van der Waals surface area contributed by atoms with Gasteiger partial charge in [-0.2, -0.15) is 0 Å². The van der Waals surface area contributed by atoms with Gasteiger partial charge in [0, 0.05) is 55.3 Å². The highest BCUT2D eigenvalue weighted by Crippen LogP contribution is 2.42. The molecule has 4 nitrogen and oxygen atoms in total. The molecular formula is C20H34N4S. The average Bonchev–Trinajstić information content (AvgIpc) is 3.36. The van der Waals surface area contributed by atoms with E-state index in [1.54, 1.807) is 6.20 Å². The van der Waals surface area contributed by atoms with E-state index in [2.05, 4.69) is 57.3 Å². The summed E-state index contributed by atoms with van der Waals surface area (Å²) >= 11 is 2.09. The zero-order valence-electron chi connectivity index (χ0n) is 15.8. The maximum Gasteiger partial charge on any atom is 0.0338 e. The lowest BCUT2D eigenvalue weighted by Gasteiger charge is -2.26. The molecule has 140 valence electrons. The molecule has 0 amide bonds. The first-order chi connectivity index (χ1) is 12.2. The molecule has 1 spiro atoms. The fourth-order valence-corrected chi connectivity index (χ4v) is 5.67. The van der Waals surface area contributed by atoms with Gasteiger partial charge in [-0.3, -0.25) is 4.99 Å². The lowest BCUT2D eigenvalue weighted by Crippen LogP contribution is -2.28. The third-order valence-electron chi connectivity index (χ3n) is 5.99. The van der Waals surface area contributed by atoms with Crippen LogP contribution in [0, 0.1) is 5.41 Å². The van der Waals surface area contributed by atoms with Crippen LogP contribution in [-0.4, -0.2) is 60.4 Å². The molecule has 3 fully saturated rings. The lowest BCUT2D eigenvalue weighted by molar-refractivity contribution is 0.305. The first-order valence-electron chi connectivity index (χ1n) is 9.90. The van der Waals surface area contributed by atoms with Crippen molar-refractivity contribution in [3.05, 3.63) is 24.0 Å². The molecule has 0 saturated carbocycles. The topological polar surface area (TPSA) is 30.9 Å². The lowest BCUT2D eigenvalue weighted by atomic mass is 9.86. The molecule has 3 rings (SSSR count). The summed E-state index contributed by atoms with van der Waals surface area (Å²) in [5.41, 5.74) is 1.79. The number of aliphatic imine (C=N–C) groups is 1. The van der Waals surface area contributed by atoms with Gasteiger partial charge in [-0.25, -0.2) is 4.31 Å². The second-order valence-electron chi connectivity index (χ2n) is 7.77. The Morgan fingerprint density at radius 2 is 2.24 bits per heavy atom. The van der Waals surface area contributed by atoms with Gasteiger partial charge in [0.25, 0.3) is 0 Å². The molecule has 3 aliphatic rings. The Hall–Kier alpha value is -0.780. The molecule has 0 aliphatic carbocycles. The molecule has 2 atom stereocenters. The van der Waals surface area contributed by atoms with Gasteiger partial charge in [-0.05, 0) is 64.8 Å². The van der Waals surface area contributed by atoms with Gasteiger partial charge in [0.2, 0.25) is 0 Å². The van der Waals surface area contributed by atoms with E-state index in [-0.39, 0.29) is 0 Å². The van der Waals surface area contributed by atoms with E-state index < -0.39 is 0 Å². The van der Waals surface area contributed by atoms with Crippen molar-refractivity contribution < 1.29 is 0 Å². The van der Waals surface area contributed by atoms with Crippen LogP contribution in [0.15, 0.2) is 29.0 Å². The normalized spacial score (nSPS) is 31.0. The van der Waals surface area contributed by atoms with E-state index in [4.69, 9.17) is 0 Å². The van der Waals surface area contributed by atoms with Crippen molar-refractivity contribution in [3.63, 3.8) is 0 Å². The van der Waals surface area contributed by atoms with Crippen molar-refractivity contribution in [2.24, 2.45) is 10.4 Å². The summed E-state index contributed by atoms with van der Waals surface area (Å²) in [5, 5.41) is 3.61. The molecule has 3 saturated heterocycles. The second-order valence-corrected chi connectivity index (χ2v) is 8.95. The number of nitrogens with one attached hydrogen (secondary N) is 1. The zero-order valence-corrected chi connectivity index (χ0v) is 16.6. The van der Waals surface area contributed by atoms with Crippen LogP contribution in [0.5, 0.6) is 0 Å². The molecule has 0 aromatic carbocycles. The number of rotatable bonds is 8. The summed E-state index contributed by atoms with van der Waals surface area (Å²) < 4.78 is 2.64. The van der Waals surface area contributed by atoms with Gasteiger partial charge in [0.15, 0.2) is 0 Å². The summed E-state index contributed by atoms with van der Waals surface area (Å²) in [5.74, 6) is 1.28. The van der Waals surface area contributed by atoms with Crippen LogP contribution >= 0.6 is 11.9 Å². The van der Waals surface area contributed by atoms with Crippen molar-refractivity contribution in [3.8, 4) is 0 Å². The van der Waals surface area contributed by atoms with E-state index in [0.717, 1.165) is 6.04 Å². The minimum atomic E-state index is 0.504. The van der Waals surface area contributed by atoms with E-state index >= 15 is 0 Å². The maximum absolute atomic E-state index is 3.85. The van der Waals surface area contributed by atoms with Crippen molar-refractivity contribution in [1.82, 2.24) is 14.5 Å². The van der Waals surface area contributed by atoms with Crippen molar-refractivity contribution >= 4 is 18.7 Å². The largest absolute Gasteiger partial charge is 0.371 e. The predicted molar refractivity (Wildman–Crippen MR) is 110 cm³/mol. The van der Waals surface area contributed by atoms with Crippen LogP contribution < -0.4 is 5.32 Å². The van der Waals surface area contributed by atoms with Gasteiger partial charge in [0.1, 0.15) is 0 Å². The fourth-order valence-electron chi connectivity index (χ4n) is 4.53. The highest BCUT2D eigenvalue weighted by molar-refractivity contribution is 7.97. The van der Waals surface area contributed by atoms with Crippen LogP contribution in [0.4, 0.5) is 0 Å². The van der Waals surface area contributed by atoms with Gasteiger partial charge >= 0.3 is 0 Å². The minimum Gasteiger partial charge on any atom is -0.371 e. The smallest absolute Gasteiger partial charge is 0.0338 e. The van der Waals surface area contributed by atoms with Gasteiger partial charge in [0.05, 0.1) is 0 Å². The molecule has 1 N–H and O–H groups in total. The Balaban J connectivity index is 1.39. The van der Waals surface area contributed by atoms with E-state index in [1.165, 1.54) is 82.7 Å². The molecule has 25 heavy (non-hydrogen) atoms. The first-order valence-corrected chi connectivity index (χ1v) is 10.8. The Labute approximate surface area is 157 Å². The summed E-state index contributed by atoms with van der Waals surface area (Å²) in [6.45, 7) is 11.8. The Kier molecular flexibility index (Phi) is 7.02. The molecule has 5 heteroatoms. The van der Waals surface area contributed by atoms with Crippen LogP contribution in [0.1, 0.15) is 45.4 Å². The zero-order chi connectivity index (χ0) is 17.5. The van der Waals surface area contributed by atoms with Crippen LogP contribution in [-0.2, 0) is 0 Å². The number of hydrogen-bond donors (Lipinski definition) is 1. The Morgan fingerprint density at radius 1 is 1.36 bits per heavy atom. The Morgan fingerprint density at radius 3 is 3.00 bits per heavy atom. The molecule has 0 radical (unpaired) electrons. The summed E-state index contributed by atoms with van der Waals surface area (Å²) in [4.78, 5) is 6.38. The molecule has 0 bridgehead atoms. The highest BCUT2D eigenvalue weighted by Gasteiger charge is 2.43. The van der Waals surface area contributed by atoms with E-state index in [0.29, 0.717) is 5.41 Å². The van der Waals surface area contributed by atoms with Gasteiger partial charge in [-0.1, -0.05) is 18.0 Å². The number of nitrogens with zero attached hydrogens (tertiary/aromatic N) is 3. The van der Waals surface area contributed by atoms with Crippen molar-refractivity contribution in [2.45, 2.75) is 51.5 Å². The molecule has 3 heterocycles. The third kappa shape index (κ3) is 5.11. The van der Waals surface area contributed by atoms with Crippen LogP contribution in [0.25, 0.3) is 0 Å². The molecule has 1 unspecified atom stereocenters. The average molecular weight is 363 g/mol. The van der Waals surface area contributed by atoms with Crippen LogP contribution in [0.2, 0.25) is 0 Å². The number of allylic oxidation sites excluding steroid dienone is 2. The monoisotopic (exact) mass is 362 g/mol. The van der Waals surface area contributed by atoms with Gasteiger partial charge in [-0.15, -0.1) is 0 Å². The molecule has 3 aliphatic heterocycles. The SMILES string of the molecule is C=N/C=C\C(=C/C)N1CCC2(CCN(SCCC[C@@H]3CCCN3)C2)C1. The molecular weight excluding hydrogens is 328 g/mol. The molecule has 0 aromatic heterocycles. The predicted octanol–water partition coefficient (Wildman–Crippen LogP) is 3.68. The van der Waals surface area contributed by atoms with E-state index in [1.807, 2.05) is 0 Å². The first kappa shape index (κ1) is 19.0. The summed E-state index contributed by atoms with van der Waals surface area (Å²) in [6.07, 6.45) is 14.2.